The van der Waals surface area contributed by atoms with Crippen molar-refractivity contribution in [2.75, 3.05) is 0 Å². The molecular weight excluding hydrogens is 310 g/mol. The monoisotopic (exact) mass is 317 g/mol. The van der Waals surface area contributed by atoms with E-state index in [1.807, 2.05) is 0 Å². The molecule has 20 heavy (non-hydrogen) atoms. The van der Waals surface area contributed by atoms with Crippen molar-refractivity contribution in [3.05, 3.63) is 41.3 Å². The highest BCUT2D eigenvalue weighted by Crippen LogP contribution is 2.39. The molecular formula is C14H7NO2S3. The van der Waals surface area contributed by atoms with E-state index in [4.69, 9.17) is 5.11 Å². The lowest BCUT2D eigenvalue weighted by molar-refractivity contribution is 0.0697. The molecule has 0 aliphatic rings. The number of aromatic carboxylic acids is 1. The third kappa shape index (κ3) is 1.84. The number of thiophene rings is 2. The number of thiazole rings is 1. The van der Waals surface area contributed by atoms with E-state index in [-0.39, 0.29) is 0 Å². The summed E-state index contributed by atoms with van der Waals surface area (Å²) >= 11 is 4.99. The number of carbonyl (C=O) groups is 1. The maximum Gasteiger partial charge on any atom is 0.335 e. The second kappa shape index (κ2) is 4.37. The summed E-state index contributed by atoms with van der Waals surface area (Å²) in [7, 11) is 0. The highest BCUT2D eigenvalue weighted by Gasteiger charge is 2.12. The van der Waals surface area contributed by atoms with Crippen molar-refractivity contribution in [1.82, 2.24) is 4.98 Å². The van der Waals surface area contributed by atoms with Gasteiger partial charge in [0.2, 0.25) is 0 Å². The minimum Gasteiger partial charge on any atom is -0.478 e. The number of nitrogens with zero attached hydrogens (tertiary/aromatic N) is 1. The average Bonchev–Trinajstić information content (AvgIpc) is 3.10. The van der Waals surface area contributed by atoms with Gasteiger partial charge in [0.1, 0.15) is 5.01 Å². The van der Waals surface area contributed by atoms with Crippen LogP contribution in [0.3, 0.4) is 0 Å². The molecule has 1 N–H and O–H groups in total. The molecule has 0 amide bonds. The highest BCUT2D eigenvalue weighted by atomic mass is 32.1. The normalized spacial score (nSPS) is 11.4. The van der Waals surface area contributed by atoms with Crippen molar-refractivity contribution in [3.8, 4) is 9.88 Å². The lowest BCUT2D eigenvalue weighted by Crippen LogP contribution is -1.94. The van der Waals surface area contributed by atoms with Crippen molar-refractivity contribution in [1.29, 1.82) is 0 Å². The standard InChI is InChI=1S/C14H7NO2S3/c16-14(17)7-1-2-8-10(5-7)20-13(15-8)12-6-11-9(19-12)3-4-18-11/h1-6H,(H,16,17). The molecule has 4 aromatic rings. The molecule has 0 aliphatic carbocycles. The Morgan fingerprint density at radius 3 is 2.75 bits per heavy atom. The highest BCUT2D eigenvalue weighted by molar-refractivity contribution is 7.31. The number of carboxylic acids is 1. The first kappa shape index (κ1) is 12.0. The van der Waals surface area contributed by atoms with Gasteiger partial charge in [-0.3, -0.25) is 0 Å². The van der Waals surface area contributed by atoms with Gasteiger partial charge in [0.05, 0.1) is 20.7 Å². The molecule has 0 saturated carbocycles. The molecule has 3 nitrogen and oxygen atoms in total. The van der Waals surface area contributed by atoms with Gasteiger partial charge in [0.25, 0.3) is 0 Å². The number of carboxylic acid groups (broad SMARTS) is 1. The minimum absolute atomic E-state index is 0.305. The molecule has 0 atom stereocenters. The third-order valence-corrected chi connectivity index (χ3v) is 6.27. The molecule has 0 spiro atoms. The smallest absolute Gasteiger partial charge is 0.335 e. The van der Waals surface area contributed by atoms with E-state index in [1.54, 1.807) is 52.2 Å². The number of rotatable bonds is 2. The van der Waals surface area contributed by atoms with Crippen LogP contribution >= 0.6 is 34.0 Å². The van der Waals surface area contributed by atoms with E-state index in [0.717, 1.165) is 20.1 Å². The summed E-state index contributed by atoms with van der Waals surface area (Å²) in [4.78, 5) is 16.7. The Hall–Kier alpha value is -1.76. The van der Waals surface area contributed by atoms with Crippen LogP contribution in [0.5, 0.6) is 0 Å². The maximum absolute atomic E-state index is 11.0. The second-order valence-electron chi connectivity index (χ2n) is 4.27. The predicted octanol–water partition coefficient (Wildman–Crippen LogP) is 4.94. The van der Waals surface area contributed by atoms with Crippen LogP contribution in [0.15, 0.2) is 35.7 Å². The molecule has 0 bridgehead atoms. The molecule has 0 unspecified atom stereocenters. The summed E-state index contributed by atoms with van der Waals surface area (Å²) in [6, 6.07) is 9.33. The number of hydrogen-bond acceptors (Lipinski definition) is 5. The lowest BCUT2D eigenvalue weighted by atomic mass is 10.2. The van der Waals surface area contributed by atoms with Gasteiger partial charge >= 0.3 is 5.97 Å². The molecule has 4 rings (SSSR count). The second-order valence-corrected chi connectivity index (χ2v) is 7.33. The average molecular weight is 317 g/mol. The Bertz CT molecular complexity index is 919. The summed E-state index contributed by atoms with van der Waals surface area (Å²) in [5.41, 5.74) is 1.16. The van der Waals surface area contributed by atoms with Crippen LogP contribution in [0.2, 0.25) is 0 Å². The Kier molecular flexibility index (Phi) is 2.63. The zero-order chi connectivity index (χ0) is 13.7. The van der Waals surface area contributed by atoms with Crippen molar-refractivity contribution < 1.29 is 9.90 Å². The number of hydrogen-bond donors (Lipinski definition) is 1. The largest absolute Gasteiger partial charge is 0.478 e. The summed E-state index contributed by atoms with van der Waals surface area (Å²) in [5.74, 6) is -0.904. The zero-order valence-electron chi connectivity index (χ0n) is 9.99. The first-order valence-electron chi connectivity index (χ1n) is 5.82. The fourth-order valence-corrected chi connectivity index (χ4v) is 5.19. The fourth-order valence-electron chi connectivity index (χ4n) is 2.03. The molecule has 6 heteroatoms. The van der Waals surface area contributed by atoms with Gasteiger partial charge < -0.3 is 5.11 Å². The van der Waals surface area contributed by atoms with E-state index in [0.29, 0.717) is 5.56 Å². The summed E-state index contributed by atoms with van der Waals surface area (Å²) in [5, 5.41) is 12.1. The summed E-state index contributed by atoms with van der Waals surface area (Å²) in [6.07, 6.45) is 0. The fraction of sp³-hybridized carbons (Fsp3) is 0. The van der Waals surface area contributed by atoms with Crippen LogP contribution in [0.1, 0.15) is 10.4 Å². The van der Waals surface area contributed by atoms with Crippen LogP contribution in [0.4, 0.5) is 0 Å². The minimum atomic E-state index is -0.904. The number of aromatic nitrogens is 1. The van der Waals surface area contributed by atoms with Crippen molar-refractivity contribution in [2.45, 2.75) is 0 Å². The van der Waals surface area contributed by atoms with E-state index in [1.165, 1.54) is 9.40 Å². The SMILES string of the molecule is O=C(O)c1ccc2nc(-c3cc4sccc4s3)sc2c1. The number of benzene rings is 1. The Morgan fingerprint density at radius 1 is 1.05 bits per heavy atom. The third-order valence-electron chi connectivity index (χ3n) is 2.99. The first-order chi connectivity index (χ1) is 9.70. The zero-order valence-corrected chi connectivity index (χ0v) is 12.4. The van der Waals surface area contributed by atoms with E-state index >= 15 is 0 Å². The molecule has 0 saturated heterocycles. The van der Waals surface area contributed by atoms with Crippen molar-refractivity contribution in [3.63, 3.8) is 0 Å². The van der Waals surface area contributed by atoms with Gasteiger partial charge in [-0.2, -0.15) is 0 Å². The van der Waals surface area contributed by atoms with Crippen LogP contribution in [-0.2, 0) is 0 Å². The Labute approximate surface area is 125 Å². The summed E-state index contributed by atoms with van der Waals surface area (Å²) < 4.78 is 3.46. The molecule has 98 valence electrons. The molecule has 3 aromatic heterocycles. The quantitative estimate of drug-likeness (QED) is 0.570. The van der Waals surface area contributed by atoms with Gasteiger partial charge in [-0.05, 0) is 35.7 Å². The van der Waals surface area contributed by atoms with E-state index in [9.17, 15) is 4.79 Å². The molecule has 1 aromatic carbocycles. The number of fused-ring (bicyclic) bond motifs is 2. The lowest BCUT2D eigenvalue weighted by Gasteiger charge is -1.91. The van der Waals surface area contributed by atoms with Gasteiger partial charge in [-0.15, -0.1) is 34.0 Å². The summed E-state index contributed by atoms with van der Waals surface area (Å²) in [6.45, 7) is 0. The Morgan fingerprint density at radius 2 is 1.95 bits per heavy atom. The van der Waals surface area contributed by atoms with E-state index in [2.05, 4.69) is 22.5 Å². The van der Waals surface area contributed by atoms with Crippen molar-refractivity contribution in [2.24, 2.45) is 0 Å². The van der Waals surface area contributed by atoms with Crippen LogP contribution in [0.25, 0.3) is 29.5 Å². The first-order valence-corrected chi connectivity index (χ1v) is 8.33. The predicted molar refractivity (Wildman–Crippen MR) is 85.3 cm³/mol. The Balaban J connectivity index is 1.87. The van der Waals surface area contributed by atoms with Crippen LogP contribution in [-0.4, -0.2) is 16.1 Å². The molecule has 0 aliphatic heterocycles. The van der Waals surface area contributed by atoms with E-state index < -0.39 is 5.97 Å². The van der Waals surface area contributed by atoms with Crippen molar-refractivity contribution >= 4 is 59.6 Å². The van der Waals surface area contributed by atoms with Gasteiger partial charge in [-0.1, -0.05) is 0 Å². The van der Waals surface area contributed by atoms with Crippen LogP contribution < -0.4 is 0 Å². The van der Waals surface area contributed by atoms with Gasteiger partial charge in [0, 0.05) is 9.40 Å². The van der Waals surface area contributed by atoms with Crippen LogP contribution in [0, 0.1) is 0 Å². The molecule has 0 radical (unpaired) electrons. The van der Waals surface area contributed by atoms with Gasteiger partial charge in [0.15, 0.2) is 0 Å². The molecule has 0 fully saturated rings. The van der Waals surface area contributed by atoms with Gasteiger partial charge in [-0.25, -0.2) is 9.78 Å². The molecule has 3 heterocycles. The maximum atomic E-state index is 11.0. The topological polar surface area (TPSA) is 50.2 Å².